The number of rotatable bonds is 5. The Balaban J connectivity index is 2.14. The van der Waals surface area contributed by atoms with Crippen molar-refractivity contribution in [1.82, 2.24) is 9.97 Å². The van der Waals surface area contributed by atoms with Crippen molar-refractivity contribution in [1.29, 1.82) is 0 Å². The molecule has 116 valence electrons. The molecule has 0 aliphatic carbocycles. The molecule has 0 radical (unpaired) electrons. The van der Waals surface area contributed by atoms with Crippen molar-refractivity contribution in [2.24, 2.45) is 0 Å². The molecule has 0 aliphatic rings. The minimum atomic E-state index is -0.356. The first kappa shape index (κ1) is 15.8. The van der Waals surface area contributed by atoms with Crippen LogP contribution in [0.4, 0.5) is 5.69 Å². The molecule has 2 aromatic rings. The van der Waals surface area contributed by atoms with Crippen LogP contribution in [0.25, 0.3) is 0 Å². The number of phenolic OH excluding ortho intramolecular Hbond substituents is 1. The molecule has 1 heterocycles. The summed E-state index contributed by atoms with van der Waals surface area (Å²) in [6, 6.07) is 6.24. The summed E-state index contributed by atoms with van der Waals surface area (Å²) in [6.45, 7) is 5.74. The molecule has 1 unspecified atom stereocenters. The van der Waals surface area contributed by atoms with Gasteiger partial charge in [0.2, 0.25) is 5.88 Å². The fraction of sp³-hybridized carbons (Fsp3) is 0.312. The predicted molar refractivity (Wildman–Crippen MR) is 83.2 cm³/mol. The molecule has 0 saturated carbocycles. The number of nitrogens with zero attached hydrogens (tertiary/aromatic N) is 2. The van der Waals surface area contributed by atoms with Gasteiger partial charge in [-0.15, -0.1) is 0 Å². The van der Waals surface area contributed by atoms with E-state index in [1.54, 1.807) is 19.1 Å². The molecule has 2 rings (SSSR count). The number of aromatic nitrogens is 2. The minimum Gasteiger partial charge on any atom is -0.508 e. The van der Waals surface area contributed by atoms with E-state index in [0.717, 1.165) is 12.0 Å². The van der Waals surface area contributed by atoms with Gasteiger partial charge in [-0.2, -0.15) is 0 Å². The Morgan fingerprint density at radius 3 is 2.82 bits per heavy atom. The van der Waals surface area contributed by atoms with E-state index in [1.165, 1.54) is 18.5 Å². The fourth-order valence-corrected chi connectivity index (χ4v) is 1.79. The van der Waals surface area contributed by atoms with Crippen molar-refractivity contribution < 1.29 is 14.6 Å². The highest BCUT2D eigenvalue weighted by Gasteiger charge is 2.12. The first-order valence-corrected chi connectivity index (χ1v) is 7.09. The van der Waals surface area contributed by atoms with Crippen molar-refractivity contribution in [2.45, 2.75) is 33.3 Å². The Hall–Kier alpha value is -2.63. The summed E-state index contributed by atoms with van der Waals surface area (Å²) < 4.78 is 5.58. The SMILES string of the molecule is CCC(C)Oc1cc(C(=O)Nc2ccc(O)cc2C)ncn1. The Morgan fingerprint density at radius 2 is 2.14 bits per heavy atom. The van der Waals surface area contributed by atoms with Crippen molar-refractivity contribution >= 4 is 11.6 Å². The number of phenols is 1. The summed E-state index contributed by atoms with van der Waals surface area (Å²) >= 11 is 0. The van der Waals surface area contributed by atoms with Crippen LogP contribution in [0.3, 0.4) is 0 Å². The Kier molecular flexibility index (Phi) is 4.93. The maximum absolute atomic E-state index is 12.2. The van der Waals surface area contributed by atoms with Gasteiger partial charge >= 0.3 is 0 Å². The molecule has 0 aliphatic heterocycles. The lowest BCUT2D eigenvalue weighted by atomic mass is 10.2. The number of nitrogens with one attached hydrogen (secondary N) is 1. The van der Waals surface area contributed by atoms with Gasteiger partial charge in [0.25, 0.3) is 5.91 Å². The van der Waals surface area contributed by atoms with E-state index < -0.39 is 0 Å². The molecule has 6 heteroatoms. The lowest BCUT2D eigenvalue weighted by molar-refractivity contribution is 0.102. The van der Waals surface area contributed by atoms with Crippen LogP contribution in [0.5, 0.6) is 11.6 Å². The van der Waals surface area contributed by atoms with Gasteiger partial charge in [-0.3, -0.25) is 4.79 Å². The second-order valence-electron chi connectivity index (χ2n) is 5.03. The van der Waals surface area contributed by atoms with Gasteiger partial charge in [0, 0.05) is 11.8 Å². The standard InChI is InChI=1S/C16H19N3O3/c1-4-11(3)22-15-8-14(17-9-18-15)16(21)19-13-6-5-12(20)7-10(13)2/h5-9,11,20H,4H2,1-3H3,(H,19,21). The third-order valence-electron chi connectivity index (χ3n) is 3.23. The van der Waals surface area contributed by atoms with Crippen LogP contribution in [-0.2, 0) is 0 Å². The van der Waals surface area contributed by atoms with E-state index in [2.05, 4.69) is 15.3 Å². The average Bonchev–Trinajstić information content (AvgIpc) is 2.50. The van der Waals surface area contributed by atoms with Crippen molar-refractivity contribution in [3.8, 4) is 11.6 Å². The molecular formula is C16H19N3O3. The third-order valence-corrected chi connectivity index (χ3v) is 3.23. The zero-order valence-corrected chi connectivity index (χ0v) is 12.8. The van der Waals surface area contributed by atoms with Crippen molar-refractivity contribution in [2.75, 3.05) is 5.32 Å². The molecule has 1 aromatic heterocycles. The quantitative estimate of drug-likeness (QED) is 0.829. The van der Waals surface area contributed by atoms with E-state index in [4.69, 9.17) is 4.74 Å². The topological polar surface area (TPSA) is 84.3 Å². The zero-order valence-electron chi connectivity index (χ0n) is 12.8. The van der Waals surface area contributed by atoms with Crippen molar-refractivity contribution in [3.05, 3.63) is 41.9 Å². The van der Waals surface area contributed by atoms with Crippen LogP contribution in [0.15, 0.2) is 30.6 Å². The van der Waals surface area contributed by atoms with Crippen LogP contribution >= 0.6 is 0 Å². The Bertz CT molecular complexity index is 673. The van der Waals surface area contributed by atoms with Crippen LogP contribution in [0.2, 0.25) is 0 Å². The molecular weight excluding hydrogens is 282 g/mol. The maximum atomic E-state index is 12.2. The number of anilines is 1. The molecule has 22 heavy (non-hydrogen) atoms. The van der Waals surface area contributed by atoms with Gasteiger partial charge in [0.15, 0.2) is 0 Å². The number of aromatic hydroxyl groups is 1. The average molecular weight is 301 g/mol. The summed E-state index contributed by atoms with van der Waals surface area (Å²) in [6.07, 6.45) is 2.17. The van der Waals surface area contributed by atoms with Gasteiger partial charge in [0.05, 0.1) is 6.10 Å². The summed E-state index contributed by atoms with van der Waals surface area (Å²) in [5, 5.41) is 12.1. The van der Waals surface area contributed by atoms with E-state index in [0.29, 0.717) is 11.6 Å². The summed E-state index contributed by atoms with van der Waals surface area (Å²) in [7, 11) is 0. The molecule has 6 nitrogen and oxygen atoms in total. The summed E-state index contributed by atoms with van der Waals surface area (Å²) in [4.78, 5) is 20.2. The van der Waals surface area contributed by atoms with E-state index in [9.17, 15) is 9.90 Å². The van der Waals surface area contributed by atoms with E-state index >= 15 is 0 Å². The molecule has 0 bridgehead atoms. The minimum absolute atomic E-state index is 0.0187. The molecule has 1 atom stereocenters. The Morgan fingerprint density at radius 1 is 1.36 bits per heavy atom. The highest BCUT2D eigenvalue weighted by atomic mass is 16.5. The third kappa shape index (κ3) is 3.94. The number of hydrogen-bond donors (Lipinski definition) is 2. The van der Waals surface area contributed by atoms with Gasteiger partial charge in [-0.1, -0.05) is 6.92 Å². The monoisotopic (exact) mass is 301 g/mol. The van der Waals surface area contributed by atoms with Crippen LogP contribution < -0.4 is 10.1 Å². The number of amides is 1. The number of aryl methyl sites for hydroxylation is 1. The smallest absolute Gasteiger partial charge is 0.274 e. The molecule has 1 amide bonds. The number of ether oxygens (including phenoxy) is 1. The van der Waals surface area contributed by atoms with Gasteiger partial charge in [-0.25, -0.2) is 9.97 Å². The largest absolute Gasteiger partial charge is 0.508 e. The fourth-order valence-electron chi connectivity index (χ4n) is 1.79. The predicted octanol–water partition coefficient (Wildman–Crippen LogP) is 2.92. The number of hydrogen-bond acceptors (Lipinski definition) is 5. The number of carbonyl (C=O) groups is 1. The van der Waals surface area contributed by atoms with Gasteiger partial charge in [0.1, 0.15) is 17.8 Å². The normalized spacial score (nSPS) is 11.8. The highest BCUT2D eigenvalue weighted by Crippen LogP contribution is 2.21. The van der Waals surface area contributed by atoms with Crippen LogP contribution in [0, 0.1) is 6.92 Å². The van der Waals surface area contributed by atoms with Gasteiger partial charge in [-0.05, 0) is 44.0 Å². The van der Waals surface area contributed by atoms with E-state index in [-0.39, 0.29) is 23.5 Å². The summed E-state index contributed by atoms with van der Waals surface area (Å²) in [5.74, 6) is 0.170. The molecule has 0 saturated heterocycles. The lowest BCUT2D eigenvalue weighted by Crippen LogP contribution is -2.16. The second kappa shape index (κ2) is 6.89. The first-order chi connectivity index (χ1) is 10.5. The first-order valence-electron chi connectivity index (χ1n) is 7.09. The van der Waals surface area contributed by atoms with Crippen LogP contribution in [0.1, 0.15) is 36.3 Å². The maximum Gasteiger partial charge on any atom is 0.274 e. The molecule has 0 fully saturated rings. The van der Waals surface area contributed by atoms with Crippen molar-refractivity contribution in [3.63, 3.8) is 0 Å². The van der Waals surface area contributed by atoms with Gasteiger partial charge < -0.3 is 15.2 Å². The zero-order chi connectivity index (χ0) is 16.1. The highest BCUT2D eigenvalue weighted by molar-refractivity contribution is 6.03. The Labute approximate surface area is 129 Å². The number of benzene rings is 1. The lowest BCUT2D eigenvalue weighted by Gasteiger charge is -2.12. The summed E-state index contributed by atoms with van der Waals surface area (Å²) in [5.41, 5.74) is 1.60. The molecule has 0 spiro atoms. The van der Waals surface area contributed by atoms with Crippen LogP contribution in [-0.4, -0.2) is 27.1 Å². The molecule has 1 aromatic carbocycles. The number of carbonyl (C=O) groups excluding carboxylic acids is 1. The van der Waals surface area contributed by atoms with E-state index in [1.807, 2.05) is 13.8 Å². The second-order valence-corrected chi connectivity index (χ2v) is 5.03. The molecule has 2 N–H and O–H groups in total.